The van der Waals surface area contributed by atoms with Gasteiger partial charge in [-0.15, -0.1) is 5.10 Å². The number of alkyl halides is 6. The van der Waals surface area contributed by atoms with Gasteiger partial charge in [-0.3, -0.25) is 9.36 Å². The molecule has 1 aliphatic rings. The van der Waals surface area contributed by atoms with Gasteiger partial charge in [0, 0.05) is 17.1 Å². The Labute approximate surface area is 221 Å². The lowest BCUT2D eigenvalue weighted by molar-refractivity contribution is -0.207. The second kappa shape index (κ2) is 10.7. The molecule has 2 heterocycles. The van der Waals surface area contributed by atoms with Gasteiger partial charge >= 0.3 is 18.0 Å². The Morgan fingerprint density at radius 3 is 2.36 bits per heavy atom. The molecule has 8 nitrogen and oxygen atoms in total. The van der Waals surface area contributed by atoms with Crippen molar-refractivity contribution in [2.75, 3.05) is 19.8 Å². The number of benzene rings is 2. The summed E-state index contributed by atoms with van der Waals surface area (Å²) >= 11 is 5.85. The number of aliphatic hydroxyl groups excluding tert-OH is 1. The molecule has 0 saturated carbocycles. The van der Waals surface area contributed by atoms with Crippen LogP contribution in [0.4, 0.5) is 26.3 Å². The van der Waals surface area contributed by atoms with Crippen molar-refractivity contribution in [2.45, 2.75) is 37.0 Å². The smallest absolute Gasteiger partial charge is 0.382 e. The zero-order valence-corrected chi connectivity index (χ0v) is 20.6. The Kier molecular flexibility index (Phi) is 7.83. The molecule has 39 heavy (non-hydrogen) atoms. The molecule has 1 fully saturated rings. The van der Waals surface area contributed by atoms with Crippen LogP contribution >= 0.6 is 11.6 Å². The molecule has 3 aromatic rings. The second-order valence-electron chi connectivity index (χ2n) is 9.07. The summed E-state index contributed by atoms with van der Waals surface area (Å²) < 4.78 is 84.9. The van der Waals surface area contributed by atoms with Gasteiger partial charge in [0.05, 0.1) is 30.7 Å². The zero-order chi connectivity index (χ0) is 28.6. The molecule has 15 heteroatoms. The Morgan fingerprint density at radius 2 is 1.79 bits per heavy atom. The van der Waals surface area contributed by atoms with Crippen molar-refractivity contribution >= 4 is 17.5 Å². The monoisotopic (exact) mass is 578 g/mol. The molecule has 1 atom stereocenters. The molecule has 0 bridgehead atoms. The third-order valence-electron chi connectivity index (χ3n) is 6.23. The minimum absolute atomic E-state index is 0.0409. The quantitative estimate of drug-likeness (QED) is 0.400. The fraction of sp³-hybridized carbons (Fsp3) is 0.375. The Hall–Kier alpha value is -3.36. The molecule has 2 N–H and O–H groups in total. The topological polar surface area (TPSA) is 98.4 Å². The number of halogens is 7. The minimum Gasteiger partial charge on any atom is -0.382 e. The maximum absolute atomic E-state index is 13.2. The van der Waals surface area contributed by atoms with E-state index in [-0.39, 0.29) is 31.1 Å². The lowest BCUT2D eigenvalue weighted by atomic mass is 9.78. The van der Waals surface area contributed by atoms with E-state index < -0.39 is 54.1 Å². The summed E-state index contributed by atoms with van der Waals surface area (Å²) in [5, 5.41) is 16.4. The van der Waals surface area contributed by atoms with Crippen molar-refractivity contribution in [1.29, 1.82) is 0 Å². The van der Waals surface area contributed by atoms with Crippen molar-refractivity contribution in [2.24, 2.45) is 0 Å². The lowest BCUT2D eigenvalue weighted by Crippen LogP contribution is -2.55. The predicted octanol–water partition coefficient (Wildman–Crippen LogP) is 3.39. The summed E-state index contributed by atoms with van der Waals surface area (Å²) in [5.41, 5.74) is -2.37. The number of aliphatic hydroxyl groups is 1. The molecule has 1 amide bonds. The van der Waals surface area contributed by atoms with E-state index in [1.54, 1.807) is 0 Å². The predicted molar refractivity (Wildman–Crippen MR) is 126 cm³/mol. The second-order valence-corrected chi connectivity index (χ2v) is 9.50. The third-order valence-corrected chi connectivity index (χ3v) is 6.49. The van der Waals surface area contributed by atoms with Crippen LogP contribution in [0.5, 0.6) is 0 Å². The first-order valence-corrected chi connectivity index (χ1v) is 11.8. The number of carbonyl (C=O) groups is 1. The van der Waals surface area contributed by atoms with E-state index in [4.69, 9.17) is 16.3 Å². The third kappa shape index (κ3) is 6.28. The van der Waals surface area contributed by atoms with Gasteiger partial charge in [0.25, 0.3) is 0 Å². The number of amides is 1. The summed E-state index contributed by atoms with van der Waals surface area (Å²) in [6.45, 7) is -1.91. The van der Waals surface area contributed by atoms with Gasteiger partial charge in [0.2, 0.25) is 5.91 Å². The number of nitrogens with zero attached hydrogens (tertiary/aromatic N) is 3. The first-order chi connectivity index (χ1) is 18.2. The van der Waals surface area contributed by atoms with Gasteiger partial charge in [-0.25, -0.2) is 9.48 Å². The molecular weight excluding hydrogens is 558 g/mol. The maximum Gasteiger partial charge on any atom is 0.416 e. The summed E-state index contributed by atoms with van der Waals surface area (Å²) in [6, 6.07) is 10.3. The summed E-state index contributed by atoms with van der Waals surface area (Å²) in [5.74, 6) is -1.00. The number of hydrogen-bond acceptors (Lipinski definition) is 5. The van der Waals surface area contributed by atoms with Crippen LogP contribution in [0.1, 0.15) is 11.1 Å². The number of ether oxygens (including phenoxy) is 1. The van der Waals surface area contributed by atoms with Gasteiger partial charge in [0.1, 0.15) is 6.54 Å². The van der Waals surface area contributed by atoms with Crippen molar-refractivity contribution < 1.29 is 41.0 Å². The molecule has 0 radical (unpaired) electrons. The molecule has 2 aromatic carbocycles. The lowest BCUT2D eigenvalue weighted by Gasteiger charge is -2.42. The van der Waals surface area contributed by atoms with Crippen LogP contribution in [-0.2, 0) is 34.2 Å². The van der Waals surface area contributed by atoms with E-state index in [0.29, 0.717) is 19.8 Å². The number of nitrogens with one attached hydrogen (secondary N) is 1. The highest BCUT2D eigenvalue weighted by atomic mass is 35.5. The van der Waals surface area contributed by atoms with E-state index in [2.05, 4.69) is 10.4 Å². The van der Waals surface area contributed by atoms with E-state index in [1.165, 1.54) is 36.4 Å². The van der Waals surface area contributed by atoms with Crippen LogP contribution < -0.4 is 11.0 Å². The average molecular weight is 579 g/mol. The molecule has 0 aliphatic carbocycles. The normalized spacial score (nSPS) is 16.0. The zero-order valence-electron chi connectivity index (χ0n) is 19.9. The average Bonchev–Trinajstić information content (AvgIpc) is 3.13. The Morgan fingerprint density at radius 1 is 1.13 bits per heavy atom. The van der Waals surface area contributed by atoms with Crippen LogP contribution in [0.2, 0.25) is 5.02 Å². The fourth-order valence-corrected chi connectivity index (χ4v) is 4.13. The van der Waals surface area contributed by atoms with Crippen molar-refractivity contribution in [3.05, 3.63) is 75.2 Å². The SMILES string of the molecule is O=C(Cn1nc(-c2ccc(Cl)cc2)n(CC(O)C(F)(F)F)c1=O)NCC1(c2cccc(C(F)(F)F)c2)COC1. The highest BCUT2D eigenvalue weighted by Crippen LogP contribution is 2.36. The molecule has 1 aliphatic heterocycles. The molecular formula is C24H21ClF6N4O4. The van der Waals surface area contributed by atoms with E-state index in [9.17, 15) is 41.0 Å². The Bertz CT molecular complexity index is 1400. The highest BCUT2D eigenvalue weighted by Gasteiger charge is 2.42. The Balaban J connectivity index is 1.55. The fourth-order valence-electron chi connectivity index (χ4n) is 4.00. The molecule has 1 saturated heterocycles. The van der Waals surface area contributed by atoms with E-state index in [0.717, 1.165) is 12.1 Å². The van der Waals surface area contributed by atoms with Gasteiger partial charge in [-0.05, 0) is 35.9 Å². The molecule has 1 unspecified atom stereocenters. The first kappa shape index (κ1) is 28.6. The molecule has 1 aromatic heterocycles. The van der Waals surface area contributed by atoms with E-state index in [1.807, 2.05) is 0 Å². The number of rotatable bonds is 8. The van der Waals surface area contributed by atoms with Crippen LogP contribution in [0.3, 0.4) is 0 Å². The van der Waals surface area contributed by atoms with E-state index >= 15 is 0 Å². The summed E-state index contributed by atoms with van der Waals surface area (Å²) in [6.07, 6.45) is -12.5. The first-order valence-electron chi connectivity index (χ1n) is 11.4. The standard InChI is InChI=1S/C24H21ClF6N4O4/c25-17-6-4-14(5-7-17)20-33-35(21(38)34(20)9-18(36)24(29,30)31)10-19(37)32-11-22(12-39-13-22)15-2-1-3-16(8-15)23(26,27)28/h1-8,18,36H,9-13H2,(H,32,37). The molecule has 4 rings (SSSR count). The molecule has 0 spiro atoms. The van der Waals surface area contributed by atoms with Gasteiger partial charge < -0.3 is 15.2 Å². The number of carbonyl (C=O) groups excluding carboxylic acids is 1. The van der Waals surface area contributed by atoms with Crippen LogP contribution in [0.25, 0.3) is 11.4 Å². The number of hydrogen-bond donors (Lipinski definition) is 2. The van der Waals surface area contributed by atoms with Crippen molar-refractivity contribution in [3.63, 3.8) is 0 Å². The minimum atomic E-state index is -5.02. The molecule has 210 valence electrons. The summed E-state index contributed by atoms with van der Waals surface area (Å²) in [7, 11) is 0. The van der Waals surface area contributed by atoms with Gasteiger partial charge in [-0.2, -0.15) is 26.3 Å². The number of aromatic nitrogens is 3. The summed E-state index contributed by atoms with van der Waals surface area (Å²) in [4.78, 5) is 25.6. The van der Waals surface area contributed by atoms with Gasteiger partial charge in [0.15, 0.2) is 11.9 Å². The van der Waals surface area contributed by atoms with Crippen LogP contribution in [0, 0.1) is 0 Å². The van der Waals surface area contributed by atoms with Crippen LogP contribution in [0.15, 0.2) is 53.3 Å². The largest absolute Gasteiger partial charge is 0.416 e. The van der Waals surface area contributed by atoms with Gasteiger partial charge in [-0.1, -0.05) is 29.8 Å². The van der Waals surface area contributed by atoms with Crippen molar-refractivity contribution in [1.82, 2.24) is 19.7 Å². The maximum atomic E-state index is 13.2. The highest BCUT2D eigenvalue weighted by molar-refractivity contribution is 6.30. The van der Waals surface area contributed by atoms with Crippen molar-refractivity contribution in [3.8, 4) is 11.4 Å². The van der Waals surface area contributed by atoms with Crippen LogP contribution in [-0.4, -0.2) is 57.4 Å².